The van der Waals surface area contributed by atoms with Gasteiger partial charge in [0.2, 0.25) is 0 Å². The van der Waals surface area contributed by atoms with Crippen molar-refractivity contribution in [3.8, 4) is 6.07 Å². The van der Waals surface area contributed by atoms with Gasteiger partial charge in [-0.3, -0.25) is 9.69 Å². The van der Waals surface area contributed by atoms with Crippen molar-refractivity contribution in [3.63, 3.8) is 0 Å². The number of hydrogen-bond acceptors (Lipinski definition) is 5. The fourth-order valence-corrected chi connectivity index (χ4v) is 4.93. The first-order valence-corrected chi connectivity index (χ1v) is 10.1. The molecule has 0 unspecified atom stereocenters. The first kappa shape index (κ1) is 19.3. The Morgan fingerprint density at radius 2 is 1.93 bits per heavy atom. The van der Waals surface area contributed by atoms with Crippen molar-refractivity contribution in [3.05, 3.63) is 74.9 Å². The number of ketones is 1. The summed E-state index contributed by atoms with van der Waals surface area (Å²) in [6, 6.07) is 7.48. The summed E-state index contributed by atoms with van der Waals surface area (Å²) in [4.78, 5) is 14.5. The third-order valence-corrected chi connectivity index (χ3v) is 6.12. The van der Waals surface area contributed by atoms with E-state index in [0.29, 0.717) is 24.1 Å². The fourth-order valence-electron chi connectivity index (χ4n) is 4.24. The maximum atomic E-state index is 14.7. The van der Waals surface area contributed by atoms with E-state index in [1.54, 1.807) is 0 Å². The van der Waals surface area contributed by atoms with Gasteiger partial charge in [0.1, 0.15) is 23.1 Å². The Morgan fingerprint density at radius 3 is 2.52 bits per heavy atom. The molecule has 2 aromatic rings. The minimum Gasteiger partial charge on any atom is -0.384 e. The molecule has 1 atom stereocenters. The van der Waals surface area contributed by atoms with Crippen LogP contribution in [-0.2, 0) is 4.79 Å². The van der Waals surface area contributed by atoms with Gasteiger partial charge in [-0.05, 0) is 46.4 Å². The van der Waals surface area contributed by atoms with Crippen molar-refractivity contribution in [1.29, 1.82) is 5.26 Å². The van der Waals surface area contributed by atoms with Gasteiger partial charge in [0.25, 0.3) is 0 Å². The molecular formula is C22H19F2N3OS. The molecule has 29 heavy (non-hydrogen) atoms. The van der Waals surface area contributed by atoms with E-state index < -0.39 is 23.0 Å². The number of benzene rings is 1. The number of nitrogens with zero attached hydrogens (tertiary/aromatic N) is 2. The van der Waals surface area contributed by atoms with Crippen LogP contribution in [0.3, 0.4) is 0 Å². The number of allylic oxidation sites excluding steroid dienone is 3. The van der Waals surface area contributed by atoms with Crippen LogP contribution < -0.4 is 10.6 Å². The summed E-state index contributed by atoms with van der Waals surface area (Å²) < 4.78 is 29.4. The normalized spacial score (nSPS) is 21.3. The van der Waals surface area contributed by atoms with Gasteiger partial charge < -0.3 is 5.73 Å². The average Bonchev–Trinajstić information content (AvgIpc) is 3.16. The van der Waals surface area contributed by atoms with Gasteiger partial charge in [0, 0.05) is 17.7 Å². The molecule has 2 aliphatic rings. The molecule has 0 fully saturated rings. The highest BCUT2D eigenvalue weighted by Gasteiger charge is 2.45. The monoisotopic (exact) mass is 411 g/mol. The lowest BCUT2D eigenvalue weighted by Crippen LogP contribution is -2.42. The fraction of sp³-hybridized carbons (Fsp3) is 0.273. The van der Waals surface area contributed by atoms with Crippen molar-refractivity contribution in [1.82, 2.24) is 0 Å². The minimum atomic E-state index is -0.804. The van der Waals surface area contributed by atoms with Crippen LogP contribution in [0, 0.1) is 28.4 Å². The predicted molar refractivity (Wildman–Crippen MR) is 108 cm³/mol. The van der Waals surface area contributed by atoms with E-state index in [2.05, 4.69) is 6.07 Å². The van der Waals surface area contributed by atoms with E-state index in [0.717, 1.165) is 17.7 Å². The van der Waals surface area contributed by atoms with Gasteiger partial charge in [0.15, 0.2) is 5.78 Å². The summed E-state index contributed by atoms with van der Waals surface area (Å²) in [5.74, 6) is -2.41. The lowest BCUT2D eigenvalue weighted by molar-refractivity contribution is -0.118. The van der Waals surface area contributed by atoms with E-state index in [4.69, 9.17) is 5.73 Å². The molecule has 0 saturated heterocycles. The van der Waals surface area contributed by atoms with Crippen LogP contribution in [0.4, 0.5) is 14.5 Å². The summed E-state index contributed by atoms with van der Waals surface area (Å²) >= 11 is 1.45. The minimum absolute atomic E-state index is 0.0445. The van der Waals surface area contributed by atoms with Gasteiger partial charge in [-0.2, -0.15) is 16.6 Å². The second kappa shape index (κ2) is 6.82. The zero-order valence-electron chi connectivity index (χ0n) is 16.0. The number of halogens is 2. The Kier molecular flexibility index (Phi) is 4.55. The Bertz CT molecular complexity index is 1090. The molecular weight excluding hydrogens is 392 g/mol. The van der Waals surface area contributed by atoms with Gasteiger partial charge in [-0.15, -0.1) is 0 Å². The molecule has 2 heterocycles. The molecule has 0 radical (unpaired) electrons. The molecule has 7 heteroatoms. The number of carbonyl (C=O) groups is 1. The molecule has 0 spiro atoms. The summed E-state index contributed by atoms with van der Waals surface area (Å²) in [7, 11) is 0. The summed E-state index contributed by atoms with van der Waals surface area (Å²) in [6.45, 7) is 3.87. The van der Waals surface area contributed by atoms with Crippen LogP contribution in [0.2, 0.25) is 0 Å². The molecule has 0 saturated carbocycles. The number of hydrogen-bond donors (Lipinski definition) is 1. The molecule has 4 nitrogen and oxygen atoms in total. The van der Waals surface area contributed by atoms with Crippen molar-refractivity contribution >= 4 is 22.8 Å². The second-order valence-corrected chi connectivity index (χ2v) is 8.89. The highest BCUT2D eigenvalue weighted by atomic mass is 32.1. The molecule has 148 valence electrons. The van der Waals surface area contributed by atoms with E-state index in [-0.39, 0.29) is 22.9 Å². The Labute approximate surface area is 171 Å². The second-order valence-electron chi connectivity index (χ2n) is 8.11. The molecule has 1 aromatic heterocycles. The maximum Gasteiger partial charge on any atom is 0.162 e. The topological polar surface area (TPSA) is 70.1 Å². The number of nitriles is 1. The number of para-hydroxylation sites is 1. The maximum absolute atomic E-state index is 14.7. The number of Topliss-reactive ketones (excluding diaryl/α,β-unsaturated/α-hetero) is 1. The number of anilines is 1. The van der Waals surface area contributed by atoms with Crippen LogP contribution >= 0.6 is 11.3 Å². The Hall–Kier alpha value is -2.98. The predicted octanol–water partition coefficient (Wildman–Crippen LogP) is 4.97. The summed E-state index contributed by atoms with van der Waals surface area (Å²) in [6.07, 6.45) is 0.695. The molecule has 0 amide bonds. The third kappa shape index (κ3) is 3.04. The highest BCUT2D eigenvalue weighted by Crippen LogP contribution is 2.50. The first-order chi connectivity index (χ1) is 13.7. The van der Waals surface area contributed by atoms with Gasteiger partial charge in [0.05, 0.1) is 17.6 Å². The van der Waals surface area contributed by atoms with Crippen molar-refractivity contribution in [2.75, 3.05) is 4.90 Å². The first-order valence-electron chi connectivity index (χ1n) is 9.17. The quantitative estimate of drug-likeness (QED) is 0.758. The summed E-state index contributed by atoms with van der Waals surface area (Å²) in [5.41, 5.74) is 7.35. The zero-order chi connectivity index (χ0) is 20.9. The number of rotatable bonds is 2. The van der Waals surface area contributed by atoms with Crippen LogP contribution in [0.5, 0.6) is 0 Å². The molecule has 2 N–H and O–H groups in total. The van der Waals surface area contributed by atoms with Gasteiger partial charge in [-0.1, -0.05) is 19.9 Å². The average molecular weight is 411 g/mol. The number of nitrogens with two attached hydrogens (primary N) is 1. The van der Waals surface area contributed by atoms with Crippen molar-refractivity contribution in [2.24, 2.45) is 11.1 Å². The van der Waals surface area contributed by atoms with E-state index >= 15 is 0 Å². The van der Waals surface area contributed by atoms with Crippen LogP contribution in [0.15, 0.2) is 57.7 Å². The van der Waals surface area contributed by atoms with Gasteiger partial charge in [-0.25, -0.2) is 8.78 Å². The lowest BCUT2D eigenvalue weighted by Gasteiger charge is -2.43. The van der Waals surface area contributed by atoms with Crippen molar-refractivity contribution < 1.29 is 13.6 Å². The van der Waals surface area contributed by atoms with Gasteiger partial charge >= 0.3 is 0 Å². The number of thiophene rings is 1. The van der Waals surface area contributed by atoms with Crippen LogP contribution in [-0.4, -0.2) is 5.78 Å². The van der Waals surface area contributed by atoms with Crippen LogP contribution in [0.1, 0.15) is 38.2 Å². The Morgan fingerprint density at radius 1 is 1.24 bits per heavy atom. The molecule has 1 aliphatic carbocycles. The standard InChI is InChI=1S/C22H19F2N3OS/c1-22(2)8-16-19(17(28)9-22)18(12-6-7-29-11-12)13(10-25)21(26)27(16)20-14(23)4-3-5-15(20)24/h3-7,11,18H,8-9,26H2,1-2H3/t18-/m1/s1. The van der Waals surface area contributed by atoms with Crippen molar-refractivity contribution in [2.45, 2.75) is 32.6 Å². The largest absolute Gasteiger partial charge is 0.384 e. The van der Waals surface area contributed by atoms with E-state index in [1.807, 2.05) is 30.7 Å². The van der Waals surface area contributed by atoms with Crippen LogP contribution in [0.25, 0.3) is 0 Å². The zero-order valence-corrected chi connectivity index (χ0v) is 16.8. The molecule has 4 rings (SSSR count). The smallest absolute Gasteiger partial charge is 0.162 e. The Balaban J connectivity index is 2.05. The van der Waals surface area contributed by atoms with E-state index in [1.165, 1.54) is 22.3 Å². The SMILES string of the molecule is CC1(C)CC(=O)C2=C(C1)N(c1c(F)cccc1F)C(N)=C(C#N)[C@H]2c1ccsc1. The molecule has 1 aliphatic heterocycles. The molecule has 0 bridgehead atoms. The molecule has 1 aromatic carbocycles. The lowest BCUT2D eigenvalue weighted by atomic mass is 9.69. The van der Waals surface area contributed by atoms with E-state index in [9.17, 15) is 18.8 Å². The highest BCUT2D eigenvalue weighted by molar-refractivity contribution is 7.08. The third-order valence-electron chi connectivity index (χ3n) is 5.42. The number of carbonyl (C=O) groups excluding carboxylic acids is 1. The summed E-state index contributed by atoms with van der Waals surface area (Å²) in [5, 5.41) is 13.6.